The Bertz CT molecular complexity index is 2130. The molecule has 4 rings (SSSR count). The van der Waals surface area contributed by atoms with Gasteiger partial charge in [0.1, 0.15) is 0 Å². The van der Waals surface area contributed by atoms with Gasteiger partial charge in [-0.3, -0.25) is 64.5 Å². The normalized spacial score (nSPS) is 9.78. The Morgan fingerprint density at radius 3 is 0.658 bits per heavy atom. The third-order valence-corrected chi connectivity index (χ3v) is 9.88. The molecule has 0 aliphatic rings. The maximum Gasteiger partial charge on any atom is 2.00 e. The summed E-state index contributed by atoms with van der Waals surface area (Å²) < 4.78 is 8.55. The average molecular weight is 1210 g/mol. The van der Waals surface area contributed by atoms with Crippen LogP contribution < -0.4 is 83.2 Å². The van der Waals surface area contributed by atoms with Crippen LogP contribution in [-0.4, -0.2) is 149 Å². The van der Waals surface area contributed by atoms with E-state index in [1.165, 1.54) is 0 Å². The molecular formula is C44H60Ca2Cl4FN20O4P. The largest absolute Gasteiger partial charge is 2.00 e. The van der Waals surface area contributed by atoms with Crippen LogP contribution in [0.2, 0.25) is 20.1 Å². The fraction of sp³-hybridized carbons (Fsp3) is 0.273. The molecule has 0 bridgehead atoms. The summed E-state index contributed by atoms with van der Waals surface area (Å²) >= 11 is 23.3. The molecule has 0 spiro atoms. The number of hydrogen-bond donors (Lipinski definition) is 20. The third-order valence-electron chi connectivity index (χ3n) is 8.87. The van der Waals surface area contributed by atoms with Crippen molar-refractivity contribution in [1.82, 2.24) is 42.5 Å². The topological polar surface area (TPSA) is 421 Å². The van der Waals surface area contributed by atoms with Crippen LogP contribution in [0.15, 0.2) is 97.1 Å². The van der Waals surface area contributed by atoms with Crippen molar-refractivity contribution in [1.29, 1.82) is 43.3 Å². The van der Waals surface area contributed by atoms with E-state index in [0.29, 0.717) is 69.0 Å². The van der Waals surface area contributed by atoms with Gasteiger partial charge in [-0.1, -0.05) is 72.1 Å². The number of rotatable bonds is 18. The molecule has 0 aromatic heterocycles. The van der Waals surface area contributed by atoms with Crippen molar-refractivity contribution in [3.8, 4) is 0 Å². The second kappa shape index (κ2) is 42.6. The maximum atomic E-state index is 8.55. The number of nitrogens with one attached hydrogen (secondary N) is 20. The average Bonchev–Trinajstić information content (AvgIpc) is 3.30. The van der Waals surface area contributed by atoms with Gasteiger partial charge in [0.25, 0.3) is 0 Å². The van der Waals surface area contributed by atoms with Gasteiger partial charge >= 0.3 is 75.5 Å². The molecule has 20 N–H and O–H groups in total. The molecule has 4 aromatic carbocycles. The van der Waals surface area contributed by atoms with Crippen molar-refractivity contribution in [3.05, 3.63) is 117 Å². The fourth-order valence-electron chi connectivity index (χ4n) is 5.57. The molecule has 404 valence electrons. The predicted octanol–water partition coefficient (Wildman–Crippen LogP) is 1.77. The van der Waals surface area contributed by atoms with Crippen molar-refractivity contribution < 1.29 is 23.9 Å². The number of phosphoric acid groups is 1. The molecular weight excluding hydrogens is 1140 g/mol. The zero-order chi connectivity index (χ0) is 54.0. The second-order valence-electron chi connectivity index (χ2n) is 15.0. The molecule has 76 heavy (non-hydrogen) atoms. The number of anilines is 4. The van der Waals surface area contributed by atoms with Gasteiger partial charge in [0.05, 0.1) is 0 Å². The molecule has 24 nitrogen and oxygen atoms in total. The minimum atomic E-state index is -5.39. The molecule has 0 heterocycles. The van der Waals surface area contributed by atoms with E-state index in [1.54, 1.807) is 97.1 Å². The van der Waals surface area contributed by atoms with Crippen LogP contribution in [0.5, 0.6) is 0 Å². The van der Waals surface area contributed by atoms with Crippen LogP contribution in [-0.2, 0) is 4.57 Å². The zero-order valence-corrected chi connectivity index (χ0v) is 49.4. The Morgan fingerprint density at radius 1 is 0.342 bits per heavy atom. The van der Waals surface area contributed by atoms with Gasteiger partial charge in [0, 0.05) is 69.0 Å². The summed E-state index contributed by atoms with van der Waals surface area (Å²) in [6.07, 6.45) is 7.41. The van der Waals surface area contributed by atoms with Crippen LogP contribution in [0.4, 0.5) is 22.7 Å². The van der Waals surface area contributed by atoms with Crippen molar-refractivity contribution >= 4 is 200 Å². The first kappa shape index (κ1) is 73.6. The SMILES string of the molecule is N=C(NCCCCCCNC(=N)NC(=N)Nc1ccc(Cl)cc1)NC(=N)Nc1ccc(Cl)cc1.N=C(NCCCCCCNC(=N)NC(=N)Nc1ccc(Cl)cc1)NC(=N)Nc1ccc(Cl)cc1.O=P([O-])([O-])[O-].[Ca+2].[Ca+2].[F-]. The Hall–Kier alpha value is -4.44. The molecule has 0 fully saturated rings. The number of halogens is 5. The van der Waals surface area contributed by atoms with Crippen LogP contribution in [0.1, 0.15) is 51.4 Å². The molecule has 0 atom stereocenters. The van der Waals surface area contributed by atoms with Gasteiger partial charge in [-0.25, -0.2) is 0 Å². The quantitative estimate of drug-likeness (QED) is 0.0222. The Kier molecular flexibility index (Phi) is 41.2. The summed E-state index contributed by atoms with van der Waals surface area (Å²) in [6, 6.07) is 27.8. The molecule has 0 saturated carbocycles. The summed E-state index contributed by atoms with van der Waals surface area (Å²) in [5.41, 5.74) is 2.84. The van der Waals surface area contributed by atoms with E-state index in [4.69, 9.17) is 109 Å². The summed E-state index contributed by atoms with van der Waals surface area (Å²) in [5, 5.41) is 99.0. The predicted molar refractivity (Wildman–Crippen MR) is 303 cm³/mol. The van der Waals surface area contributed by atoms with E-state index >= 15 is 0 Å². The number of unbranched alkanes of at least 4 members (excludes halogenated alkanes) is 6. The maximum absolute atomic E-state index is 8.55. The first-order valence-corrected chi connectivity index (χ1v) is 25.2. The van der Waals surface area contributed by atoms with Crippen molar-refractivity contribution in [2.45, 2.75) is 51.4 Å². The Balaban J connectivity index is 0. The van der Waals surface area contributed by atoms with Crippen LogP contribution in [0, 0.1) is 43.3 Å². The third kappa shape index (κ3) is 40.8. The molecule has 0 saturated heterocycles. The minimum Gasteiger partial charge on any atom is -1.00 e. The summed E-state index contributed by atoms with van der Waals surface area (Å²) in [7, 11) is -5.39. The smallest absolute Gasteiger partial charge is 1.00 e. The van der Waals surface area contributed by atoms with E-state index in [1.807, 2.05) is 0 Å². The monoisotopic (exact) mass is 1200 g/mol. The van der Waals surface area contributed by atoms with Crippen molar-refractivity contribution in [3.63, 3.8) is 0 Å². The van der Waals surface area contributed by atoms with Gasteiger partial charge in [0.15, 0.2) is 47.7 Å². The van der Waals surface area contributed by atoms with Gasteiger partial charge < -0.3 is 66.5 Å². The van der Waals surface area contributed by atoms with E-state index in [2.05, 4.69) is 63.8 Å². The van der Waals surface area contributed by atoms with Crippen molar-refractivity contribution in [2.24, 2.45) is 0 Å². The first-order valence-electron chi connectivity index (χ1n) is 22.2. The van der Waals surface area contributed by atoms with E-state index in [9.17, 15) is 0 Å². The first-order chi connectivity index (χ1) is 34.6. The number of hydrogen-bond acceptors (Lipinski definition) is 12. The fourth-order valence-corrected chi connectivity index (χ4v) is 6.08. The number of benzene rings is 4. The standard InChI is InChI=1S/2C22H30Cl2N10.2Ca.FH.H3O4P/c2*23-15-5-9-17(10-6-15)31-21(27)33-19(25)29-13-3-1-2-4-14-30-20(26)34-22(28)32-18-11-7-16(24)8-12-18;;;;1-5(2,3)4/h2*5-12H,1-4,13-14H2,(H5,25,27,29,31,33)(H5,26,28,30,32,34);;;1H;(H3,1,2,3,4)/q;;2*+2;;/p-4. The van der Waals surface area contributed by atoms with Crippen LogP contribution in [0.3, 0.4) is 0 Å². The minimum absolute atomic E-state index is 0. The molecule has 0 unspecified atom stereocenters. The van der Waals surface area contributed by atoms with Crippen LogP contribution in [0.25, 0.3) is 0 Å². The van der Waals surface area contributed by atoms with Gasteiger partial charge in [-0.05, 0) is 123 Å². The summed E-state index contributed by atoms with van der Waals surface area (Å²) in [6.45, 7) is 2.49. The summed E-state index contributed by atoms with van der Waals surface area (Å²) in [4.78, 5) is 25.6. The van der Waals surface area contributed by atoms with Gasteiger partial charge in [0.2, 0.25) is 0 Å². The molecule has 0 aliphatic heterocycles. The molecule has 0 amide bonds. The van der Waals surface area contributed by atoms with E-state index in [0.717, 1.165) is 51.4 Å². The zero-order valence-electron chi connectivity index (χ0n) is 41.1. The summed E-state index contributed by atoms with van der Waals surface area (Å²) in [5.74, 6) is 0.225. The van der Waals surface area contributed by atoms with E-state index < -0.39 is 7.82 Å². The van der Waals surface area contributed by atoms with E-state index in [-0.39, 0.29) is 128 Å². The molecule has 4 aromatic rings. The van der Waals surface area contributed by atoms with Gasteiger partial charge in [-0.15, -0.1) is 0 Å². The van der Waals surface area contributed by atoms with Crippen LogP contribution >= 0.6 is 54.2 Å². The molecule has 32 heteroatoms. The second-order valence-corrected chi connectivity index (χ2v) is 17.7. The van der Waals surface area contributed by atoms with Crippen molar-refractivity contribution in [2.75, 3.05) is 47.4 Å². The Morgan fingerprint density at radius 2 is 0.500 bits per heavy atom. The van der Waals surface area contributed by atoms with Gasteiger partial charge in [-0.2, -0.15) is 7.82 Å². The molecule has 0 aliphatic carbocycles. The Labute approximate surface area is 520 Å². The molecule has 0 radical (unpaired) electrons. The number of guanidine groups is 8.